The van der Waals surface area contributed by atoms with Crippen LogP contribution in [0.3, 0.4) is 0 Å². The molecule has 5 heteroatoms. The van der Waals surface area contributed by atoms with Gasteiger partial charge in [0.05, 0.1) is 12.6 Å². The second-order valence-electron chi connectivity index (χ2n) is 7.97. The summed E-state index contributed by atoms with van der Waals surface area (Å²) in [4.78, 5) is 14.4. The molecule has 27 heavy (non-hydrogen) atoms. The highest BCUT2D eigenvalue weighted by Gasteiger charge is 2.25. The second-order valence-corrected chi connectivity index (χ2v) is 7.97. The Hall–Kier alpha value is -2.37. The summed E-state index contributed by atoms with van der Waals surface area (Å²) in [6.07, 6.45) is -0.262. The number of carbonyl (C=O) groups excluding carboxylic acids is 1. The number of rotatable bonds is 7. The van der Waals surface area contributed by atoms with Gasteiger partial charge in [0.25, 0.3) is 0 Å². The Morgan fingerprint density at radius 1 is 1.04 bits per heavy atom. The van der Waals surface area contributed by atoms with Gasteiger partial charge in [0.1, 0.15) is 0 Å². The molecule has 2 aromatic carbocycles. The van der Waals surface area contributed by atoms with Crippen molar-refractivity contribution in [1.29, 1.82) is 0 Å². The van der Waals surface area contributed by atoms with Gasteiger partial charge in [0.15, 0.2) is 0 Å². The molecule has 0 radical (unpaired) electrons. The van der Waals surface area contributed by atoms with E-state index in [2.05, 4.69) is 5.32 Å². The SMILES string of the molecule is CC(C)(C)NC(=O)N(Cc1ccccc1)C[C@@H](O)[C@@H](N)Cc1ccccc1. The zero-order valence-corrected chi connectivity index (χ0v) is 16.4. The molecule has 0 bridgehead atoms. The summed E-state index contributed by atoms with van der Waals surface area (Å²) in [7, 11) is 0. The smallest absolute Gasteiger partial charge is 0.318 e. The first kappa shape index (κ1) is 20.9. The molecule has 0 spiro atoms. The number of benzene rings is 2. The fraction of sp³-hybridized carbons (Fsp3) is 0.409. The highest BCUT2D eigenvalue weighted by atomic mass is 16.3. The van der Waals surface area contributed by atoms with Crippen molar-refractivity contribution in [3.8, 4) is 0 Å². The summed E-state index contributed by atoms with van der Waals surface area (Å²) < 4.78 is 0. The third-order valence-corrected chi connectivity index (χ3v) is 4.20. The fourth-order valence-corrected chi connectivity index (χ4v) is 2.81. The molecule has 0 aliphatic rings. The van der Waals surface area contributed by atoms with E-state index in [0.717, 1.165) is 11.1 Å². The van der Waals surface area contributed by atoms with Crippen LogP contribution >= 0.6 is 0 Å². The van der Waals surface area contributed by atoms with Crippen LogP contribution in [0, 0.1) is 0 Å². The van der Waals surface area contributed by atoms with Crippen LogP contribution in [0.2, 0.25) is 0 Å². The van der Waals surface area contributed by atoms with E-state index < -0.39 is 12.1 Å². The largest absolute Gasteiger partial charge is 0.390 e. The van der Waals surface area contributed by atoms with E-state index >= 15 is 0 Å². The molecule has 0 fully saturated rings. The van der Waals surface area contributed by atoms with Crippen LogP contribution in [0.5, 0.6) is 0 Å². The van der Waals surface area contributed by atoms with Crippen molar-refractivity contribution in [1.82, 2.24) is 10.2 Å². The van der Waals surface area contributed by atoms with Crippen LogP contribution in [0.15, 0.2) is 60.7 Å². The number of hydrogen-bond acceptors (Lipinski definition) is 3. The van der Waals surface area contributed by atoms with E-state index in [1.165, 1.54) is 0 Å². The Morgan fingerprint density at radius 3 is 2.07 bits per heavy atom. The predicted octanol–water partition coefficient (Wildman–Crippen LogP) is 2.93. The first-order valence-corrected chi connectivity index (χ1v) is 9.33. The second kappa shape index (κ2) is 9.53. The Kier molecular flexibility index (Phi) is 7.39. The van der Waals surface area contributed by atoms with Gasteiger partial charge in [-0.15, -0.1) is 0 Å². The molecule has 2 amide bonds. The van der Waals surface area contributed by atoms with E-state index in [1.807, 2.05) is 81.4 Å². The first-order valence-electron chi connectivity index (χ1n) is 9.33. The zero-order chi connectivity index (χ0) is 19.9. The van der Waals surface area contributed by atoms with Crippen molar-refractivity contribution in [2.75, 3.05) is 6.54 Å². The minimum Gasteiger partial charge on any atom is -0.390 e. The topological polar surface area (TPSA) is 78.6 Å². The van der Waals surface area contributed by atoms with Crippen LogP contribution in [0.4, 0.5) is 4.79 Å². The van der Waals surface area contributed by atoms with Crippen LogP contribution in [-0.4, -0.2) is 40.3 Å². The predicted molar refractivity (Wildman–Crippen MR) is 109 cm³/mol. The number of aliphatic hydroxyl groups excluding tert-OH is 1. The average Bonchev–Trinajstić information content (AvgIpc) is 2.61. The lowest BCUT2D eigenvalue weighted by molar-refractivity contribution is 0.0955. The summed E-state index contributed by atoms with van der Waals surface area (Å²) >= 11 is 0. The molecule has 0 saturated heterocycles. The molecule has 0 heterocycles. The molecule has 0 unspecified atom stereocenters. The first-order chi connectivity index (χ1) is 12.7. The third-order valence-electron chi connectivity index (χ3n) is 4.20. The van der Waals surface area contributed by atoms with Gasteiger partial charge in [-0.25, -0.2) is 4.79 Å². The summed E-state index contributed by atoms with van der Waals surface area (Å²) in [5, 5.41) is 13.6. The molecule has 4 N–H and O–H groups in total. The normalized spacial score (nSPS) is 13.7. The van der Waals surface area contributed by atoms with Gasteiger partial charge in [-0.1, -0.05) is 60.7 Å². The lowest BCUT2D eigenvalue weighted by Gasteiger charge is -2.31. The molecule has 146 valence electrons. The minimum atomic E-state index is -0.820. The van der Waals surface area contributed by atoms with E-state index in [9.17, 15) is 9.90 Å². The van der Waals surface area contributed by atoms with Gasteiger partial charge in [0, 0.05) is 18.1 Å². The summed E-state index contributed by atoms with van der Waals surface area (Å²) in [6.45, 7) is 6.39. The number of carbonyl (C=O) groups is 1. The molecule has 2 atom stereocenters. The minimum absolute atomic E-state index is 0.171. The maximum Gasteiger partial charge on any atom is 0.318 e. The van der Waals surface area contributed by atoms with E-state index in [1.54, 1.807) is 4.90 Å². The van der Waals surface area contributed by atoms with Gasteiger partial charge in [-0.05, 0) is 38.3 Å². The zero-order valence-electron chi connectivity index (χ0n) is 16.4. The van der Waals surface area contributed by atoms with Crippen LogP contribution < -0.4 is 11.1 Å². The van der Waals surface area contributed by atoms with Gasteiger partial charge in [-0.3, -0.25) is 0 Å². The fourth-order valence-electron chi connectivity index (χ4n) is 2.81. The lowest BCUT2D eigenvalue weighted by Crippen LogP contribution is -2.52. The van der Waals surface area contributed by atoms with Gasteiger partial charge < -0.3 is 21.1 Å². The third kappa shape index (κ3) is 7.41. The number of nitrogens with zero attached hydrogens (tertiary/aromatic N) is 1. The van der Waals surface area contributed by atoms with Crippen molar-refractivity contribution in [3.63, 3.8) is 0 Å². The Balaban J connectivity index is 2.06. The van der Waals surface area contributed by atoms with Crippen molar-refractivity contribution >= 4 is 6.03 Å². The molecule has 0 aromatic heterocycles. The Bertz CT molecular complexity index is 699. The Morgan fingerprint density at radius 2 is 1.56 bits per heavy atom. The number of nitrogens with one attached hydrogen (secondary N) is 1. The van der Waals surface area contributed by atoms with Crippen LogP contribution in [-0.2, 0) is 13.0 Å². The molecule has 2 rings (SSSR count). The molecule has 0 aliphatic heterocycles. The van der Waals surface area contributed by atoms with Gasteiger partial charge >= 0.3 is 6.03 Å². The van der Waals surface area contributed by atoms with Crippen LogP contribution in [0.25, 0.3) is 0 Å². The van der Waals surface area contributed by atoms with Gasteiger partial charge in [-0.2, -0.15) is 0 Å². The van der Waals surface area contributed by atoms with Crippen molar-refractivity contribution in [2.45, 2.75) is 51.4 Å². The van der Waals surface area contributed by atoms with Gasteiger partial charge in [0.2, 0.25) is 0 Å². The quantitative estimate of drug-likeness (QED) is 0.702. The number of nitrogens with two attached hydrogens (primary N) is 1. The van der Waals surface area contributed by atoms with Crippen LogP contribution in [0.1, 0.15) is 31.9 Å². The molecular formula is C22H31N3O2. The number of amides is 2. The highest BCUT2D eigenvalue weighted by molar-refractivity contribution is 5.75. The maximum absolute atomic E-state index is 12.7. The number of aliphatic hydroxyl groups is 1. The van der Waals surface area contributed by atoms with E-state index in [4.69, 9.17) is 5.73 Å². The molecule has 0 saturated carbocycles. The average molecular weight is 370 g/mol. The molecular weight excluding hydrogens is 338 g/mol. The highest BCUT2D eigenvalue weighted by Crippen LogP contribution is 2.11. The molecule has 0 aliphatic carbocycles. The summed E-state index contributed by atoms with van der Waals surface area (Å²) in [5.41, 5.74) is 7.92. The number of hydrogen-bond donors (Lipinski definition) is 3. The maximum atomic E-state index is 12.7. The summed E-state index contributed by atoms with van der Waals surface area (Å²) in [5.74, 6) is 0. The van der Waals surface area contributed by atoms with Crippen molar-refractivity contribution in [2.24, 2.45) is 5.73 Å². The lowest BCUT2D eigenvalue weighted by atomic mass is 10.0. The number of urea groups is 1. The van der Waals surface area contributed by atoms with E-state index in [0.29, 0.717) is 13.0 Å². The standard InChI is InChI=1S/C22H31N3O2/c1-22(2,3)24-21(27)25(15-18-12-8-5-9-13-18)16-20(26)19(23)14-17-10-6-4-7-11-17/h4-13,19-20,26H,14-16,23H2,1-3H3,(H,24,27)/t19-,20+/m0/s1. The van der Waals surface area contributed by atoms with E-state index in [-0.39, 0.29) is 18.1 Å². The Labute approximate surface area is 162 Å². The van der Waals surface area contributed by atoms with Crippen molar-refractivity contribution < 1.29 is 9.90 Å². The monoisotopic (exact) mass is 369 g/mol. The summed E-state index contributed by atoms with van der Waals surface area (Å²) in [6, 6.07) is 18.9. The molecule has 2 aromatic rings. The van der Waals surface area contributed by atoms with Crippen molar-refractivity contribution in [3.05, 3.63) is 71.8 Å². The molecule has 5 nitrogen and oxygen atoms in total.